The van der Waals surface area contributed by atoms with Crippen LogP contribution in [0.3, 0.4) is 0 Å². The summed E-state index contributed by atoms with van der Waals surface area (Å²) in [5.41, 5.74) is 3.63. The molecule has 2 amide bonds. The van der Waals surface area contributed by atoms with Crippen molar-refractivity contribution in [2.75, 3.05) is 5.32 Å². The lowest BCUT2D eigenvalue weighted by molar-refractivity contribution is -0.121. The van der Waals surface area contributed by atoms with Gasteiger partial charge in [0, 0.05) is 30.8 Å². The SMILES string of the molecule is Cc1cccc(-c2n[nH]c(=S)n2CCC(=O)NCc2ccc(NC(=O)c3ccco3)cc2)c1. The quantitative estimate of drug-likeness (QED) is 0.336. The highest BCUT2D eigenvalue weighted by Gasteiger charge is 2.11. The van der Waals surface area contributed by atoms with Crippen molar-refractivity contribution in [3.8, 4) is 11.4 Å². The van der Waals surface area contributed by atoms with Crippen molar-refractivity contribution in [3.63, 3.8) is 0 Å². The van der Waals surface area contributed by atoms with Crippen LogP contribution in [0.2, 0.25) is 0 Å². The molecule has 0 fully saturated rings. The molecule has 0 unspecified atom stereocenters. The molecule has 4 rings (SSSR count). The smallest absolute Gasteiger partial charge is 0.291 e. The Morgan fingerprint density at radius 1 is 1.12 bits per heavy atom. The van der Waals surface area contributed by atoms with Crippen LogP contribution in [0.5, 0.6) is 0 Å². The minimum absolute atomic E-state index is 0.0940. The highest BCUT2D eigenvalue weighted by Crippen LogP contribution is 2.19. The molecule has 0 spiro atoms. The fraction of sp³-hybridized carbons (Fsp3) is 0.167. The molecular formula is C24H23N5O3S. The largest absolute Gasteiger partial charge is 0.459 e. The summed E-state index contributed by atoms with van der Waals surface area (Å²) in [5, 5.41) is 12.8. The summed E-state index contributed by atoms with van der Waals surface area (Å²) in [6.07, 6.45) is 1.72. The highest BCUT2D eigenvalue weighted by molar-refractivity contribution is 7.71. The zero-order valence-corrected chi connectivity index (χ0v) is 18.8. The Labute approximate surface area is 195 Å². The van der Waals surface area contributed by atoms with Crippen LogP contribution in [0.15, 0.2) is 71.3 Å². The highest BCUT2D eigenvalue weighted by atomic mass is 32.1. The number of aryl methyl sites for hydroxylation is 1. The molecule has 0 saturated heterocycles. The van der Waals surface area contributed by atoms with Crippen LogP contribution in [0, 0.1) is 11.7 Å². The fourth-order valence-electron chi connectivity index (χ4n) is 3.34. The maximum absolute atomic E-state index is 12.4. The van der Waals surface area contributed by atoms with Crippen LogP contribution < -0.4 is 10.6 Å². The maximum atomic E-state index is 12.4. The Balaban J connectivity index is 1.29. The van der Waals surface area contributed by atoms with Crippen LogP contribution in [0.25, 0.3) is 11.4 Å². The van der Waals surface area contributed by atoms with Gasteiger partial charge in [-0.1, -0.05) is 35.9 Å². The monoisotopic (exact) mass is 461 g/mol. The van der Waals surface area contributed by atoms with Crippen LogP contribution in [-0.2, 0) is 17.9 Å². The summed E-state index contributed by atoms with van der Waals surface area (Å²) in [5.74, 6) is 0.547. The van der Waals surface area contributed by atoms with Crippen molar-refractivity contribution < 1.29 is 14.0 Å². The molecule has 33 heavy (non-hydrogen) atoms. The Bertz CT molecular complexity index is 1310. The molecule has 0 aliphatic rings. The van der Waals surface area contributed by atoms with Crippen molar-refractivity contribution >= 4 is 29.7 Å². The number of aromatic amines is 1. The number of anilines is 1. The van der Waals surface area contributed by atoms with Crippen LogP contribution in [0.1, 0.15) is 28.1 Å². The van der Waals surface area contributed by atoms with Gasteiger partial charge in [0.2, 0.25) is 5.91 Å². The first kappa shape index (κ1) is 22.2. The van der Waals surface area contributed by atoms with Gasteiger partial charge in [0.25, 0.3) is 5.91 Å². The average Bonchev–Trinajstić information content (AvgIpc) is 3.47. The fourth-order valence-corrected chi connectivity index (χ4v) is 3.56. The molecule has 3 N–H and O–H groups in total. The normalized spacial score (nSPS) is 10.7. The van der Waals surface area contributed by atoms with E-state index in [1.807, 2.05) is 47.9 Å². The van der Waals surface area contributed by atoms with E-state index in [1.54, 1.807) is 24.3 Å². The predicted octanol–water partition coefficient (Wildman–Crippen LogP) is 4.47. The van der Waals surface area contributed by atoms with E-state index < -0.39 is 0 Å². The molecule has 2 heterocycles. The summed E-state index contributed by atoms with van der Waals surface area (Å²) in [6.45, 7) is 2.82. The zero-order chi connectivity index (χ0) is 23.2. The number of nitrogens with one attached hydrogen (secondary N) is 3. The van der Waals surface area contributed by atoms with E-state index in [0.29, 0.717) is 29.4 Å². The van der Waals surface area contributed by atoms with Gasteiger partial charge in [-0.2, -0.15) is 5.10 Å². The number of carbonyl (C=O) groups is 2. The number of benzene rings is 2. The summed E-state index contributed by atoms with van der Waals surface area (Å²) >= 11 is 5.34. The Morgan fingerprint density at radius 3 is 2.67 bits per heavy atom. The first-order valence-corrected chi connectivity index (χ1v) is 10.8. The van der Waals surface area contributed by atoms with E-state index in [9.17, 15) is 9.59 Å². The third kappa shape index (κ3) is 5.64. The lowest BCUT2D eigenvalue weighted by atomic mass is 10.1. The van der Waals surface area contributed by atoms with Gasteiger partial charge in [-0.15, -0.1) is 0 Å². The van der Waals surface area contributed by atoms with Crippen LogP contribution in [-0.4, -0.2) is 26.6 Å². The van der Waals surface area contributed by atoms with Gasteiger partial charge in [-0.3, -0.25) is 19.3 Å². The number of hydrogen-bond donors (Lipinski definition) is 3. The van der Waals surface area contributed by atoms with E-state index in [1.165, 1.54) is 6.26 Å². The molecule has 4 aromatic rings. The second kappa shape index (κ2) is 10.1. The number of rotatable bonds is 8. The number of H-pyrrole nitrogens is 1. The van der Waals surface area contributed by atoms with Gasteiger partial charge < -0.3 is 15.1 Å². The average molecular weight is 462 g/mol. The molecular weight excluding hydrogens is 438 g/mol. The summed E-state index contributed by atoms with van der Waals surface area (Å²) < 4.78 is 7.39. The predicted molar refractivity (Wildman–Crippen MR) is 127 cm³/mol. The summed E-state index contributed by atoms with van der Waals surface area (Å²) in [4.78, 5) is 24.4. The Kier molecular flexibility index (Phi) is 6.80. The summed E-state index contributed by atoms with van der Waals surface area (Å²) in [6, 6.07) is 18.5. The van der Waals surface area contributed by atoms with Crippen molar-refractivity contribution in [3.05, 3.63) is 88.6 Å². The van der Waals surface area contributed by atoms with E-state index in [-0.39, 0.29) is 24.0 Å². The minimum Gasteiger partial charge on any atom is -0.459 e. The third-order valence-electron chi connectivity index (χ3n) is 5.04. The first-order valence-electron chi connectivity index (χ1n) is 10.4. The number of nitrogens with zero attached hydrogens (tertiary/aromatic N) is 2. The minimum atomic E-state index is -0.316. The molecule has 2 aromatic heterocycles. The van der Waals surface area contributed by atoms with Gasteiger partial charge in [-0.25, -0.2) is 0 Å². The van der Waals surface area contributed by atoms with Crippen LogP contribution >= 0.6 is 12.2 Å². The molecule has 0 radical (unpaired) electrons. The number of furan rings is 1. The number of amides is 2. The lowest BCUT2D eigenvalue weighted by Gasteiger charge is -2.09. The molecule has 0 bridgehead atoms. The van der Waals surface area contributed by atoms with E-state index in [0.717, 1.165) is 16.7 Å². The zero-order valence-electron chi connectivity index (χ0n) is 18.0. The Hall–Kier alpha value is -3.98. The van der Waals surface area contributed by atoms with Gasteiger partial charge in [0.05, 0.1) is 6.26 Å². The van der Waals surface area contributed by atoms with Gasteiger partial charge in [0.15, 0.2) is 16.4 Å². The lowest BCUT2D eigenvalue weighted by Crippen LogP contribution is -2.24. The van der Waals surface area contributed by atoms with Gasteiger partial charge in [-0.05, 0) is 55.0 Å². The third-order valence-corrected chi connectivity index (χ3v) is 5.36. The van der Waals surface area contributed by atoms with E-state index in [4.69, 9.17) is 16.6 Å². The van der Waals surface area contributed by atoms with Crippen LogP contribution in [0.4, 0.5) is 5.69 Å². The molecule has 168 valence electrons. The van der Waals surface area contributed by atoms with Crippen molar-refractivity contribution in [1.29, 1.82) is 0 Å². The molecule has 0 atom stereocenters. The second-order valence-corrected chi connectivity index (χ2v) is 7.92. The first-order chi connectivity index (χ1) is 16.0. The maximum Gasteiger partial charge on any atom is 0.291 e. The second-order valence-electron chi connectivity index (χ2n) is 7.53. The topological polar surface area (TPSA) is 105 Å². The van der Waals surface area contributed by atoms with E-state index >= 15 is 0 Å². The molecule has 0 aliphatic heterocycles. The summed E-state index contributed by atoms with van der Waals surface area (Å²) in [7, 11) is 0. The van der Waals surface area contributed by atoms with Crippen molar-refractivity contribution in [1.82, 2.24) is 20.1 Å². The Morgan fingerprint density at radius 2 is 1.94 bits per heavy atom. The molecule has 2 aromatic carbocycles. The van der Waals surface area contributed by atoms with Crippen molar-refractivity contribution in [2.45, 2.75) is 26.4 Å². The van der Waals surface area contributed by atoms with Gasteiger partial charge in [0.1, 0.15) is 0 Å². The van der Waals surface area contributed by atoms with Gasteiger partial charge >= 0.3 is 0 Å². The molecule has 8 nitrogen and oxygen atoms in total. The molecule has 0 saturated carbocycles. The number of carbonyl (C=O) groups excluding carboxylic acids is 2. The van der Waals surface area contributed by atoms with Crippen molar-refractivity contribution in [2.24, 2.45) is 0 Å². The molecule has 9 heteroatoms. The van der Waals surface area contributed by atoms with E-state index in [2.05, 4.69) is 20.8 Å². The standard InChI is InChI=1S/C24H23N5O3S/c1-16-4-2-5-18(14-16)22-27-28-24(33)29(22)12-11-21(30)25-15-17-7-9-19(10-8-17)26-23(31)20-6-3-13-32-20/h2-10,13-14H,11-12,15H2,1H3,(H,25,30)(H,26,31)(H,28,33). The molecule has 0 aliphatic carbocycles. The number of aromatic nitrogens is 3. The number of hydrogen-bond acceptors (Lipinski definition) is 5.